The number of primary amides is 1. The molecule has 5 nitrogen and oxygen atoms in total. The number of carbonyl (C=O) groups excluding carboxylic acids is 2. The van der Waals surface area contributed by atoms with Gasteiger partial charge in [0.1, 0.15) is 0 Å². The minimum absolute atomic E-state index is 0.0232. The van der Waals surface area contributed by atoms with Crippen LogP contribution in [-0.4, -0.2) is 35.3 Å². The van der Waals surface area contributed by atoms with Gasteiger partial charge < -0.3 is 16.0 Å². The minimum atomic E-state index is -0.550. The first-order valence-electron chi connectivity index (χ1n) is 7.54. The second-order valence-corrected chi connectivity index (χ2v) is 6.27. The molecule has 0 aliphatic carbocycles. The standard InChI is InChI=1S/C16H22ClN3O2/c1-10-4-3-5-11(2)20(10)15(21)9-19-14-8-12(17)6-7-13(14)16(18)22/h6-8,10-11,19H,3-5,9H2,1-2H3,(H2,18,22). The Labute approximate surface area is 135 Å². The van der Waals surface area contributed by atoms with Crippen molar-refractivity contribution < 1.29 is 9.59 Å². The summed E-state index contributed by atoms with van der Waals surface area (Å²) < 4.78 is 0. The van der Waals surface area contributed by atoms with Crippen LogP contribution in [0.15, 0.2) is 18.2 Å². The number of benzene rings is 1. The van der Waals surface area contributed by atoms with E-state index in [1.54, 1.807) is 18.2 Å². The van der Waals surface area contributed by atoms with Crippen LogP contribution >= 0.6 is 11.6 Å². The summed E-state index contributed by atoms with van der Waals surface area (Å²) in [4.78, 5) is 25.8. The number of piperidine rings is 1. The first kappa shape index (κ1) is 16.6. The summed E-state index contributed by atoms with van der Waals surface area (Å²) >= 11 is 5.94. The Morgan fingerprint density at radius 1 is 1.32 bits per heavy atom. The molecule has 2 amide bonds. The summed E-state index contributed by atoms with van der Waals surface area (Å²) in [5, 5.41) is 3.48. The van der Waals surface area contributed by atoms with Gasteiger partial charge in [-0.25, -0.2) is 0 Å². The molecule has 1 aromatic carbocycles. The second-order valence-electron chi connectivity index (χ2n) is 5.84. The Balaban J connectivity index is 2.08. The fourth-order valence-corrected chi connectivity index (χ4v) is 3.22. The van der Waals surface area contributed by atoms with Crippen LogP contribution < -0.4 is 11.1 Å². The molecule has 1 saturated heterocycles. The topological polar surface area (TPSA) is 75.4 Å². The number of rotatable bonds is 4. The Hall–Kier alpha value is -1.75. The van der Waals surface area contributed by atoms with Gasteiger partial charge in [0.25, 0.3) is 5.91 Å². The van der Waals surface area contributed by atoms with Gasteiger partial charge in [-0.15, -0.1) is 0 Å². The molecule has 0 bridgehead atoms. The summed E-state index contributed by atoms with van der Waals surface area (Å²) in [5.41, 5.74) is 6.16. The summed E-state index contributed by atoms with van der Waals surface area (Å²) in [6, 6.07) is 5.26. The zero-order valence-corrected chi connectivity index (χ0v) is 13.7. The second kappa shape index (κ2) is 7.01. The van der Waals surface area contributed by atoms with E-state index in [4.69, 9.17) is 17.3 Å². The largest absolute Gasteiger partial charge is 0.375 e. The molecule has 1 aliphatic heterocycles. The van der Waals surface area contributed by atoms with E-state index in [2.05, 4.69) is 19.2 Å². The van der Waals surface area contributed by atoms with Crippen molar-refractivity contribution in [3.05, 3.63) is 28.8 Å². The lowest BCUT2D eigenvalue weighted by atomic mass is 9.97. The van der Waals surface area contributed by atoms with Gasteiger partial charge in [0.2, 0.25) is 5.91 Å². The van der Waals surface area contributed by atoms with Gasteiger partial charge in [-0.05, 0) is 51.3 Å². The number of halogens is 1. The lowest BCUT2D eigenvalue weighted by Gasteiger charge is -2.39. The number of nitrogens with zero attached hydrogens (tertiary/aromatic N) is 1. The van der Waals surface area contributed by atoms with Crippen LogP contribution in [0.2, 0.25) is 5.02 Å². The van der Waals surface area contributed by atoms with Crippen LogP contribution in [0.1, 0.15) is 43.5 Å². The molecule has 0 aromatic heterocycles. The van der Waals surface area contributed by atoms with Crippen LogP contribution in [-0.2, 0) is 4.79 Å². The van der Waals surface area contributed by atoms with Gasteiger partial charge >= 0.3 is 0 Å². The Morgan fingerprint density at radius 3 is 2.55 bits per heavy atom. The highest BCUT2D eigenvalue weighted by Gasteiger charge is 2.28. The predicted octanol–water partition coefficient (Wildman–Crippen LogP) is 2.64. The van der Waals surface area contributed by atoms with E-state index in [9.17, 15) is 9.59 Å². The average molecular weight is 324 g/mol. The van der Waals surface area contributed by atoms with Crippen molar-refractivity contribution in [1.29, 1.82) is 0 Å². The molecule has 2 unspecified atom stereocenters. The Kier molecular flexibility index (Phi) is 5.29. The van der Waals surface area contributed by atoms with E-state index in [1.807, 2.05) is 4.90 Å². The maximum absolute atomic E-state index is 12.5. The average Bonchev–Trinajstić information content (AvgIpc) is 2.44. The number of nitrogens with two attached hydrogens (primary N) is 1. The highest BCUT2D eigenvalue weighted by molar-refractivity contribution is 6.31. The molecule has 2 atom stereocenters. The molecule has 3 N–H and O–H groups in total. The summed E-state index contributed by atoms with van der Waals surface area (Å²) in [7, 11) is 0. The maximum atomic E-state index is 12.5. The molecule has 0 spiro atoms. The third-order valence-corrected chi connectivity index (χ3v) is 4.39. The van der Waals surface area contributed by atoms with Crippen molar-refractivity contribution in [3.63, 3.8) is 0 Å². The SMILES string of the molecule is CC1CCCC(C)N1C(=O)CNc1cc(Cl)ccc1C(N)=O. The number of anilines is 1. The van der Waals surface area contributed by atoms with Crippen LogP contribution in [0.3, 0.4) is 0 Å². The third kappa shape index (κ3) is 3.71. The van der Waals surface area contributed by atoms with Crippen molar-refractivity contribution in [1.82, 2.24) is 4.90 Å². The molecule has 1 aromatic rings. The van der Waals surface area contributed by atoms with Gasteiger partial charge in [0.05, 0.1) is 12.1 Å². The van der Waals surface area contributed by atoms with E-state index < -0.39 is 5.91 Å². The molecular formula is C16H22ClN3O2. The molecule has 1 fully saturated rings. The van der Waals surface area contributed by atoms with Crippen LogP contribution in [0, 0.1) is 0 Å². The van der Waals surface area contributed by atoms with Crippen molar-refractivity contribution in [2.75, 3.05) is 11.9 Å². The monoisotopic (exact) mass is 323 g/mol. The first-order chi connectivity index (χ1) is 10.4. The Bertz CT molecular complexity index is 567. The molecule has 0 saturated carbocycles. The van der Waals surface area contributed by atoms with E-state index in [0.717, 1.165) is 19.3 Å². The minimum Gasteiger partial charge on any atom is -0.375 e. The highest BCUT2D eigenvalue weighted by Crippen LogP contribution is 2.24. The summed E-state index contributed by atoms with van der Waals surface area (Å²) in [6.07, 6.45) is 3.21. The van der Waals surface area contributed by atoms with E-state index in [-0.39, 0.29) is 24.5 Å². The molecule has 6 heteroatoms. The Morgan fingerprint density at radius 2 is 1.95 bits per heavy atom. The van der Waals surface area contributed by atoms with Gasteiger partial charge in [-0.3, -0.25) is 9.59 Å². The predicted molar refractivity (Wildman–Crippen MR) is 88.1 cm³/mol. The zero-order chi connectivity index (χ0) is 16.3. The fourth-order valence-electron chi connectivity index (χ4n) is 3.05. The normalized spacial score (nSPS) is 21.5. The summed E-state index contributed by atoms with van der Waals surface area (Å²) in [6.45, 7) is 4.26. The maximum Gasteiger partial charge on any atom is 0.250 e. The van der Waals surface area contributed by atoms with Crippen molar-refractivity contribution in [3.8, 4) is 0 Å². The summed E-state index contributed by atoms with van der Waals surface area (Å²) in [5.74, 6) is -0.526. The molecule has 1 aliphatic rings. The van der Waals surface area contributed by atoms with Gasteiger partial charge in [-0.1, -0.05) is 11.6 Å². The number of hydrogen-bond donors (Lipinski definition) is 2. The van der Waals surface area contributed by atoms with Gasteiger partial charge in [0.15, 0.2) is 0 Å². The first-order valence-corrected chi connectivity index (χ1v) is 7.92. The molecule has 0 radical (unpaired) electrons. The van der Waals surface area contributed by atoms with E-state index in [1.165, 1.54) is 0 Å². The molecule has 22 heavy (non-hydrogen) atoms. The number of carbonyl (C=O) groups is 2. The van der Waals surface area contributed by atoms with Gasteiger partial charge in [0, 0.05) is 22.8 Å². The van der Waals surface area contributed by atoms with Crippen LogP contribution in [0.25, 0.3) is 0 Å². The number of hydrogen-bond acceptors (Lipinski definition) is 3. The molecule has 1 heterocycles. The van der Waals surface area contributed by atoms with Crippen molar-refractivity contribution in [2.45, 2.75) is 45.2 Å². The quantitative estimate of drug-likeness (QED) is 0.894. The van der Waals surface area contributed by atoms with Crippen LogP contribution in [0.4, 0.5) is 5.69 Å². The van der Waals surface area contributed by atoms with E-state index >= 15 is 0 Å². The lowest BCUT2D eigenvalue weighted by Crippen LogP contribution is -2.49. The van der Waals surface area contributed by atoms with E-state index in [0.29, 0.717) is 16.3 Å². The third-order valence-electron chi connectivity index (χ3n) is 4.16. The van der Waals surface area contributed by atoms with Crippen molar-refractivity contribution >= 4 is 29.1 Å². The number of amides is 2. The fraction of sp³-hybridized carbons (Fsp3) is 0.500. The van der Waals surface area contributed by atoms with Crippen molar-refractivity contribution in [2.24, 2.45) is 5.73 Å². The number of nitrogens with one attached hydrogen (secondary N) is 1. The molecule has 120 valence electrons. The highest BCUT2D eigenvalue weighted by atomic mass is 35.5. The molecular weight excluding hydrogens is 302 g/mol. The molecule has 2 rings (SSSR count). The lowest BCUT2D eigenvalue weighted by molar-refractivity contribution is -0.135. The zero-order valence-electron chi connectivity index (χ0n) is 12.9. The van der Waals surface area contributed by atoms with Crippen LogP contribution in [0.5, 0.6) is 0 Å². The smallest absolute Gasteiger partial charge is 0.250 e. The number of likely N-dealkylation sites (tertiary alicyclic amines) is 1. The van der Waals surface area contributed by atoms with Gasteiger partial charge in [-0.2, -0.15) is 0 Å².